The van der Waals surface area contributed by atoms with Crippen molar-refractivity contribution in [3.05, 3.63) is 18.2 Å². The minimum atomic E-state index is 0.0906. The molecule has 0 saturated heterocycles. The lowest BCUT2D eigenvalue weighted by Crippen LogP contribution is -2.34. The Kier molecular flexibility index (Phi) is 5.28. The molecule has 1 aromatic rings. The molecular weight excluding hydrogens is 228 g/mol. The van der Waals surface area contributed by atoms with E-state index in [4.69, 9.17) is 15.6 Å². The number of para-hydroxylation sites is 1. The topological polar surface area (TPSA) is 58.7 Å². The SMILES string of the molecule is CC(C)Oc1cccc(N(CCO)C(C)C)c1N. The predicted molar refractivity (Wildman–Crippen MR) is 76.2 cm³/mol. The van der Waals surface area contributed by atoms with Crippen molar-refractivity contribution in [2.24, 2.45) is 0 Å². The highest BCUT2D eigenvalue weighted by molar-refractivity contribution is 5.74. The standard InChI is InChI=1S/C14H24N2O2/c1-10(2)16(8-9-17)12-6-5-7-13(14(12)15)18-11(3)4/h5-7,10-11,17H,8-9,15H2,1-4H3. The van der Waals surface area contributed by atoms with Crippen molar-refractivity contribution < 1.29 is 9.84 Å². The van der Waals surface area contributed by atoms with Crippen LogP contribution in [0.3, 0.4) is 0 Å². The third kappa shape index (κ3) is 3.53. The molecule has 0 fully saturated rings. The fourth-order valence-electron chi connectivity index (χ4n) is 1.90. The minimum absolute atomic E-state index is 0.0906. The van der Waals surface area contributed by atoms with Crippen LogP contribution in [0.5, 0.6) is 5.75 Å². The van der Waals surface area contributed by atoms with Crippen LogP contribution in [0.1, 0.15) is 27.7 Å². The molecule has 0 heterocycles. The van der Waals surface area contributed by atoms with Crippen LogP contribution in [0.2, 0.25) is 0 Å². The molecule has 0 atom stereocenters. The number of aliphatic hydroxyl groups is 1. The highest BCUT2D eigenvalue weighted by Crippen LogP contribution is 2.33. The van der Waals surface area contributed by atoms with E-state index in [1.807, 2.05) is 32.0 Å². The summed E-state index contributed by atoms with van der Waals surface area (Å²) in [6, 6.07) is 6.03. The maximum atomic E-state index is 9.14. The van der Waals surface area contributed by atoms with Crippen molar-refractivity contribution in [1.82, 2.24) is 0 Å². The summed E-state index contributed by atoms with van der Waals surface area (Å²) < 4.78 is 5.68. The molecule has 0 aliphatic rings. The monoisotopic (exact) mass is 252 g/mol. The number of nitrogens with zero attached hydrogens (tertiary/aromatic N) is 1. The zero-order chi connectivity index (χ0) is 13.7. The zero-order valence-corrected chi connectivity index (χ0v) is 11.7. The molecule has 0 aliphatic heterocycles. The first kappa shape index (κ1) is 14.6. The number of anilines is 2. The van der Waals surface area contributed by atoms with Gasteiger partial charge in [0.05, 0.1) is 24.1 Å². The number of nitrogens with two attached hydrogens (primary N) is 1. The molecule has 0 aliphatic carbocycles. The summed E-state index contributed by atoms with van der Waals surface area (Å²) in [6.07, 6.45) is 0.0906. The number of hydrogen-bond acceptors (Lipinski definition) is 4. The predicted octanol–water partition coefficient (Wildman–Crippen LogP) is 2.26. The number of ether oxygens (including phenoxy) is 1. The van der Waals surface area contributed by atoms with Gasteiger partial charge in [-0.15, -0.1) is 0 Å². The largest absolute Gasteiger partial charge is 0.489 e. The van der Waals surface area contributed by atoms with Crippen molar-refractivity contribution in [1.29, 1.82) is 0 Å². The summed E-state index contributed by atoms with van der Waals surface area (Å²) in [7, 11) is 0. The molecule has 1 aromatic carbocycles. The third-order valence-corrected chi connectivity index (χ3v) is 2.68. The fourth-order valence-corrected chi connectivity index (χ4v) is 1.90. The Morgan fingerprint density at radius 2 is 1.94 bits per heavy atom. The Bertz CT molecular complexity index is 378. The zero-order valence-electron chi connectivity index (χ0n) is 11.7. The minimum Gasteiger partial charge on any atom is -0.489 e. The molecule has 4 heteroatoms. The van der Waals surface area contributed by atoms with Crippen LogP contribution in [-0.4, -0.2) is 30.4 Å². The average molecular weight is 252 g/mol. The van der Waals surface area contributed by atoms with Crippen LogP contribution in [0.4, 0.5) is 11.4 Å². The fraction of sp³-hybridized carbons (Fsp3) is 0.571. The van der Waals surface area contributed by atoms with Gasteiger partial charge in [0.2, 0.25) is 0 Å². The van der Waals surface area contributed by atoms with Crippen LogP contribution in [0, 0.1) is 0 Å². The van der Waals surface area contributed by atoms with Gasteiger partial charge in [-0.1, -0.05) is 6.07 Å². The van der Waals surface area contributed by atoms with E-state index in [1.165, 1.54) is 0 Å². The first-order valence-electron chi connectivity index (χ1n) is 6.40. The summed E-state index contributed by atoms with van der Waals surface area (Å²) in [5, 5.41) is 9.14. The molecule has 4 nitrogen and oxygen atoms in total. The number of benzene rings is 1. The summed E-state index contributed by atoms with van der Waals surface area (Å²) >= 11 is 0. The highest BCUT2D eigenvalue weighted by Gasteiger charge is 2.15. The second-order valence-corrected chi connectivity index (χ2v) is 4.87. The summed E-state index contributed by atoms with van der Waals surface area (Å²) in [5.41, 5.74) is 7.70. The van der Waals surface area contributed by atoms with Gasteiger partial charge in [0.15, 0.2) is 0 Å². The smallest absolute Gasteiger partial charge is 0.144 e. The molecular formula is C14H24N2O2. The second kappa shape index (κ2) is 6.50. The summed E-state index contributed by atoms with van der Waals surface area (Å²) in [5.74, 6) is 0.700. The lowest BCUT2D eigenvalue weighted by Gasteiger charge is -2.30. The Balaban J connectivity index is 3.07. The third-order valence-electron chi connectivity index (χ3n) is 2.68. The van der Waals surface area contributed by atoms with E-state index in [1.54, 1.807) is 0 Å². The van der Waals surface area contributed by atoms with E-state index in [0.717, 1.165) is 5.69 Å². The quantitative estimate of drug-likeness (QED) is 0.762. The lowest BCUT2D eigenvalue weighted by molar-refractivity contribution is 0.244. The van der Waals surface area contributed by atoms with E-state index in [-0.39, 0.29) is 18.8 Å². The average Bonchev–Trinajstić information content (AvgIpc) is 2.28. The van der Waals surface area contributed by atoms with Crippen LogP contribution >= 0.6 is 0 Å². The molecule has 18 heavy (non-hydrogen) atoms. The Morgan fingerprint density at radius 3 is 2.44 bits per heavy atom. The van der Waals surface area contributed by atoms with Gasteiger partial charge in [-0.25, -0.2) is 0 Å². The van der Waals surface area contributed by atoms with Gasteiger partial charge in [0, 0.05) is 12.6 Å². The maximum absolute atomic E-state index is 9.14. The van der Waals surface area contributed by atoms with Gasteiger partial charge in [-0.2, -0.15) is 0 Å². The van der Waals surface area contributed by atoms with Crippen LogP contribution in [-0.2, 0) is 0 Å². The molecule has 102 valence electrons. The summed E-state index contributed by atoms with van der Waals surface area (Å²) in [6.45, 7) is 8.76. The number of hydrogen-bond donors (Lipinski definition) is 2. The first-order chi connectivity index (χ1) is 8.47. The first-order valence-corrected chi connectivity index (χ1v) is 6.40. The summed E-state index contributed by atoms with van der Waals surface area (Å²) in [4.78, 5) is 2.07. The maximum Gasteiger partial charge on any atom is 0.144 e. The molecule has 0 saturated carbocycles. The van der Waals surface area contributed by atoms with Crippen molar-refractivity contribution in [3.63, 3.8) is 0 Å². The molecule has 0 aromatic heterocycles. The van der Waals surface area contributed by atoms with E-state index in [2.05, 4.69) is 18.7 Å². The number of nitrogen functional groups attached to an aromatic ring is 1. The van der Waals surface area contributed by atoms with Gasteiger partial charge < -0.3 is 20.5 Å². The van der Waals surface area contributed by atoms with Gasteiger partial charge in [-0.3, -0.25) is 0 Å². The molecule has 0 spiro atoms. The Morgan fingerprint density at radius 1 is 1.28 bits per heavy atom. The van der Waals surface area contributed by atoms with Crippen molar-refractivity contribution in [2.45, 2.75) is 39.8 Å². The van der Waals surface area contributed by atoms with Gasteiger partial charge >= 0.3 is 0 Å². The van der Waals surface area contributed by atoms with Crippen LogP contribution in [0.15, 0.2) is 18.2 Å². The second-order valence-electron chi connectivity index (χ2n) is 4.87. The number of aliphatic hydroxyl groups excluding tert-OH is 1. The van der Waals surface area contributed by atoms with Crippen molar-refractivity contribution in [3.8, 4) is 5.75 Å². The molecule has 0 bridgehead atoms. The van der Waals surface area contributed by atoms with E-state index >= 15 is 0 Å². The van der Waals surface area contributed by atoms with Crippen molar-refractivity contribution >= 4 is 11.4 Å². The lowest BCUT2D eigenvalue weighted by atomic mass is 10.2. The number of rotatable bonds is 6. The normalized spacial score (nSPS) is 11.1. The van der Waals surface area contributed by atoms with Crippen LogP contribution in [0.25, 0.3) is 0 Å². The van der Waals surface area contributed by atoms with E-state index < -0.39 is 0 Å². The van der Waals surface area contributed by atoms with Crippen molar-refractivity contribution in [2.75, 3.05) is 23.8 Å². The Hall–Kier alpha value is -1.42. The van der Waals surface area contributed by atoms with Gasteiger partial charge in [-0.05, 0) is 39.8 Å². The van der Waals surface area contributed by atoms with E-state index in [9.17, 15) is 0 Å². The molecule has 0 amide bonds. The molecule has 0 unspecified atom stereocenters. The van der Waals surface area contributed by atoms with Gasteiger partial charge in [0.25, 0.3) is 0 Å². The molecule has 1 rings (SSSR count). The van der Waals surface area contributed by atoms with Crippen LogP contribution < -0.4 is 15.4 Å². The Labute approximate surface area is 109 Å². The van der Waals surface area contributed by atoms with Gasteiger partial charge in [0.1, 0.15) is 5.75 Å². The molecule has 3 N–H and O–H groups in total. The highest BCUT2D eigenvalue weighted by atomic mass is 16.5. The molecule has 0 radical (unpaired) electrons. The van der Waals surface area contributed by atoms with E-state index in [0.29, 0.717) is 18.0 Å².